The molecule has 0 radical (unpaired) electrons. The number of rotatable bonds is 24. The van der Waals surface area contributed by atoms with E-state index >= 15 is 28.8 Å². The summed E-state index contributed by atoms with van der Waals surface area (Å²) in [6, 6.07) is 0.605. The van der Waals surface area contributed by atoms with Gasteiger partial charge in [-0.3, -0.25) is 43.3 Å². The molecule has 4 saturated carbocycles. The third kappa shape index (κ3) is 19.6. The van der Waals surface area contributed by atoms with Gasteiger partial charge in [-0.1, -0.05) is 88.7 Å². The fourth-order valence-corrected chi connectivity index (χ4v) is 22.6. The molecule has 18 atom stereocenters. The quantitative estimate of drug-likeness (QED) is 0.0312. The highest BCUT2D eigenvalue weighted by Crippen LogP contribution is 2.57. The standard InChI is InChI=1S/C91H119ClN12O25S/c1-8-9-10-11-12-13-23-130(122,123)104-22-14-21-103(40-104)38-54-59(106)35-53-67-52-31-46(15-18-55(52)91(120,121)68(54)67)70-84(115)102-74(88(119)100-72(53)86(117)97-69-49-27-44-26-45(29-49)30-50(69)28-44)76(109)48-17-20-61(56(92)32-48)126-63-34-51-33-62(79(63)129-89-80(78(111)77(110)64(39-105)127-89)128-66-37-90(6,94)81(112)43(5)124-66)125-60-19-16-47(25-42(60)4)75(108)73(101-82(113)57(95-7)24-41(2)3)87(118)96-58(36-65(93)107)83(114)98-71(51)85(116)99-70/h15-20,25,31-35,41,43-45,49-50,57-58,64,66,69-78,80-81,89,95,105-106,108-112,120-121H,8-14,21-24,26-30,36-40,94H2,1-7H3,(H2,93,107)(H,96,118)(H,97,117)(H,98,114)(H,99,116)(H,100,119)(H,101,113)(H,102,115)/t43-,44?,45?,49?,50?,57+,58-,64+,66-,69?,70+,71+,72-,73+,74-,75+,76+,77+,78-,80+,81+,89-,90-/m0/s1. The third-order valence-corrected chi connectivity index (χ3v) is 29.6. The van der Waals surface area contributed by atoms with E-state index in [-0.39, 0.29) is 129 Å². The molecule has 8 amide bonds. The Balaban J connectivity index is 0.919. The minimum absolute atomic E-state index is 0.0268. The number of primary amides is 1. The van der Waals surface area contributed by atoms with Crippen molar-refractivity contribution in [1.82, 2.24) is 51.7 Å². The lowest BCUT2D eigenvalue weighted by Crippen LogP contribution is -2.64. The number of nitrogens with zero attached hydrogens (tertiary/aromatic N) is 2. The van der Waals surface area contributed by atoms with Gasteiger partial charge in [-0.05, 0) is 202 Å². The summed E-state index contributed by atoms with van der Waals surface area (Å²) in [5, 5.41) is 132. The number of aromatic hydroxyl groups is 1. The molecule has 18 rings (SSSR count). The minimum Gasteiger partial charge on any atom is -0.508 e. The highest BCUT2D eigenvalue weighted by molar-refractivity contribution is 7.89. The van der Waals surface area contributed by atoms with Gasteiger partial charge in [-0.15, -0.1) is 0 Å². The summed E-state index contributed by atoms with van der Waals surface area (Å²) in [6.07, 6.45) is -8.75. The van der Waals surface area contributed by atoms with E-state index in [4.69, 9.17) is 51.5 Å². The summed E-state index contributed by atoms with van der Waals surface area (Å²) < 4.78 is 69.1. The average Bonchev–Trinajstić information content (AvgIpc) is 1.54. The van der Waals surface area contributed by atoms with Crippen molar-refractivity contribution in [2.75, 3.05) is 39.2 Å². The number of aliphatic hydroxyl groups is 8. The summed E-state index contributed by atoms with van der Waals surface area (Å²) in [4.78, 5) is 126. The Morgan fingerprint density at radius 3 is 2.03 bits per heavy atom. The summed E-state index contributed by atoms with van der Waals surface area (Å²) in [6.45, 7) is 9.30. The molecule has 706 valence electrons. The lowest BCUT2D eigenvalue weighted by Gasteiger charge is -2.54. The number of unbranched alkanes of at least 4 members (excludes halogenated alkanes) is 5. The van der Waals surface area contributed by atoms with Crippen molar-refractivity contribution in [3.63, 3.8) is 0 Å². The van der Waals surface area contributed by atoms with E-state index in [0.717, 1.165) is 76.0 Å². The molecule has 7 fully saturated rings. The van der Waals surface area contributed by atoms with Gasteiger partial charge in [0.15, 0.2) is 23.9 Å². The van der Waals surface area contributed by atoms with Crippen LogP contribution in [0.2, 0.25) is 5.02 Å². The molecular formula is C91H119ClN12O25S. The molecule has 0 aromatic heterocycles. The van der Waals surface area contributed by atoms with Crippen LogP contribution < -0.4 is 68.2 Å². The first-order valence-electron chi connectivity index (χ1n) is 44.9. The lowest BCUT2D eigenvalue weighted by molar-refractivity contribution is -0.333. The molecule has 0 spiro atoms. The van der Waals surface area contributed by atoms with E-state index in [9.17, 15) is 64.0 Å². The van der Waals surface area contributed by atoms with Crippen LogP contribution in [0.25, 0.3) is 11.1 Å². The molecule has 21 N–H and O–H groups in total. The normalized spacial score (nSPS) is 31.6. The van der Waals surface area contributed by atoms with Crippen molar-refractivity contribution in [2.24, 2.45) is 41.1 Å². The van der Waals surface area contributed by atoms with Crippen LogP contribution in [0.5, 0.6) is 34.5 Å². The molecule has 8 heterocycles. The van der Waals surface area contributed by atoms with Crippen LogP contribution in [0.1, 0.15) is 211 Å². The lowest BCUT2D eigenvalue weighted by atomic mass is 9.54. The van der Waals surface area contributed by atoms with Gasteiger partial charge in [0.2, 0.25) is 75.1 Å². The van der Waals surface area contributed by atoms with Crippen molar-refractivity contribution in [3.05, 3.63) is 128 Å². The fraction of sp³-hybridized carbons (Fsp3) is 0.582. The second kappa shape index (κ2) is 38.7. The topological polar surface area (TPSA) is 563 Å². The fourth-order valence-electron chi connectivity index (χ4n) is 20.8. The number of sulfonamides is 1. The molecule has 39 heteroatoms. The largest absolute Gasteiger partial charge is 0.508 e. The highest BCUT2D eigenvalue weighted by atomic mass is 35.5. The van der Waals surface area contributed by atoms with Crippen LogP contribution in [0.4, 0.5) is 0 Å². The van der Waals surface area contributed by atoms with Crippen LogP contribution in [-0.2, 0) is 74.9 Å². The number of fused-ring (bicyclic) bond motifs is 12. The van der Waals surface area contributed by atoms with Gasteiger partial charge >= 0.3 is 0 Å². The summed E-state index contributed by atoms with van der Waals surface area (Å²) in [5.41, 5.74) is 9.02. The van der Waals surface area contributed by atoms with Gasteiger partial charge in [0.25, 0.3) is 0 Å². The number of carbonyl (C=O) groups is 8. The Kier molecular flexibility index (Phi) is 28.4. The smallest absolute Gasteiger partial charge is 0.248 e. The predicted molar refractivity (Wildman–Crippen MR) is 466 cm³/mol. The molecule has 5 aromatic rings. The molecule has 13 aliphatic rings. The van der Waals surface area contributed by atoms with Crippen LogP contribution in [0, 0.1) is 36.5 Å². The maximum atomic E-state index is 16.8. The maximum absolute atomic E-state index is 16.8. The number of carbonyl (C=O) groups excluding carboxylic acids is 8. The molecule has 5 aliphatic carbocycles. The van der Waals surface area contributed by atoms with Gasteiger partial charge in [0, 0.05) is 54.3 Å². The minimum atomic E-state index is -3.86. The summed E-state index contributed by atoms with van der Waals surface area (Å²) in [7, 11) is -2.36. The van der Waals surface area contributed by atoms with Gasteiger partial charge in [0.05, 0.1) is 48.7 Å². The first kappa shape index (κ1) is 95.3. The SMILES string of the molecule is CCCCCCCCS(=O)(=O)N1CCCN(Cc2c(O)cc3c4c2C(O)(O)c2ccc(cc2-4)[C@H]2NC(=O)[C@@H]4NC(=O)[C@H](CC(N)=O)NC(=O)[C@H](NC(=O)[C@@H](CC(C)C)NC)[C@H](O)c5ccc(c(C)c5)Oc5cc4cc(c5O[C@@H]4O[C@H](CO)[C@@H](O)[C@H](O)[C@H]4O[C@H]4C[C@](C)(N)[C@H](O)[C@H](C)O4)Oc4ccc(cc4Cl)[C@@H](O)[C@H](NC2=O)C(=O)N[C@@H]3C(=O)NC2C3CC4CC(C3)CC2C4)C1. The number of phenols is 1. The molecule has 5 aromatic carbocycles. The zero-order chi connectivity index (χ0) is 93.2. The Morgan fingerprint density at radius 1 is 0.731 bits per heavy atom. The number of benzene rings is 5. The number of aliphatic hydroxyl groups excluding tert-OH is 6. The van der Waals surface area contributed by atoms with Crippen LogP contribution >= 0.6 is 11.6 Å². The third-order valence-electron chi connectivity index (χ3n) is 27.4. The number of nitrogens with one attached hydrogen (secondary N) is 8. The summed E-state index contributed by atoms with van der Waals surface area (Å²) >= 11 is 7.35. The van der Waals surface area contributed by atoms with Crippen molar-refractivity contribution in [3.8, 4) is 45.6 Å². The van der Waals surface area contributed by atoms with Gasteiger partial charge in [0.1, 0.15) is 84.0 Å². The Bertz CT molecular complexity index is 5250. The number of nitrogens with two attached hydrogens (primary N) is 2. The Morgan fingerprint density at radius 2 is 1.38 bits per heavy atom. The zero-order valence-corrected chi connectivity index (χ0v) is 75.0. The number of aryl methyl sites for hydroxylation is 1. The highest BCUT2D eigenvalue weighted by Gasteiger charge is 2.55. The second-order valence-electron chi connectivity index (χ2n) is 37.5. The number of hydrogen-bond acceptors (Lipinski definition) is 28. The van der Waals surface area contributed by atoms with Gasteiger partial charge < -0.3 is 128 Å². The van der Waals surface area contributed by atoms with E-state index in [1.165, 1.54) is 86.7 Å². The van der Waals surface area contributed by atoms with Crippen molar-refractivity contribution >= 4 is 68.9 Å². The Labute approximate surface area is 757 Å². The van der Waals surface area contributed by atoms with E-state index in [1.54, 1.807) is 4.90 Å². The van der Waals surface area contributed by atoms with Crippen molar-refractivity contribution in [2.45, 2.75) is 265 Å². The molecule has 8 aliphatic heterocycles. The predicted octanol–water partition coefficient (Wildman–Crippen LogP) is 2.86. The molecule has 130 heavy (non-hydrogen) atoms. The van der Waals surface area contributed by atoms with Gasteiger partial charge in [-0.2, -0.15) is 4.31 Å². The van der Waals surface area contributed by atoms with Crippen LogP contribution in [0.3, 0.4) is 0 Å². The van der Waals surface area contributed by atoms with E-state index in [1.807, 2.05) is 13.8 Å². The zero-order valence-electron chi connectivity index (χ0n) is 73.4. The van der Waals surface area contributed by atoms with Crippen LogP contribution in [0.15, 0.2) is 72.8 Å². The number of amides is 8. The molecule has 3 saturated heterocycles. The first-order chi connectivity index (χ1) is 61.7. The number of likely N-dealkylation sites (N-methyl/N-ethyl adjacent to an activating group) is 1. The molecule has 15 bridgehead atoms. The first-order valence-corrected chi connectivity index (χ1v) is 46.9. The molecule has 37 nitrogen and oxygen atoms in total. The average molecular weight is 1850 g/mol. The van der Waals surface area contributed by atoms with E-state index < -0.39 is 226 Å². The monoisotopic (exact) mass is 1850 g/mol. The number of hydrogen-bond donors (Lipinski definition) is 19. The number of ether oxygens (including phenoxy) is 6. The second-order valence-corrected chi connectivity index (χ2v) is 40.0. The molecular weight excluding hydrogens is 1730 g/mol. The van der Waals surface area contributed by atoms with Crippen LogP contribution in [-0.4, -0.2) is 235 Å². The van der Waals surface area contributed by atoms with E-state index in [0.29, 0.717) is 31.1 Å². The van der Waals surface area contributed by atoms with Crippen molar-refractivity contribution < 1.29 is 121 Å². The van der Waals surface area contributed by atoms with E-state index in [2.05, 4.69) is 49.5 Å². The van der Waals surface area contributed by atoms with Crippen molar-refractivity contribution in [1.29, 1.82) is 0 Å². The number of phenolic OH excluding ortho intramolecular Hbond substituents is 1. The molecule has 0 unspecified atom stereocenters. The summed E-state index contributed by atoms with van der Waals surface area (Å²) in [5.74, 6) is -14.7. The van der Waals surface area contributed by atoms with Gasteiger partial charge in [-0.25, -0.2) is 8.42 Å². The number of halogens is 1. The maximum Gasteiger partial charge on any atom is 0.248 e. The Hall–Kier alpha value is -9.30.